The van der Waals surface area contributed by atoms with Crippen LogP contribution in [0.2, 0.25) is 0 Å². The van der Waals surface area contributed by atoms with Crippen molar-refractivity contribution in [2.24, 2.45) is 0 Å². The lowest BCUT2D eigenvalue weighted by Gasteiger charge is -2.16. The molecule has 2 N–H and O–H groups in total. The molecule has 1 unspecified atom stereocenters. The Balaban J connectivity index is 1.86. The summed E-state index contributed by atoms with van der Waals surface area (Å²) in [4.78, 5) is 22.8. The molecule has 2 amide bonds. The van der Waals surface area contributed by atoms with Crippen molar-refractivity contribution < 1.29 is 14.1 Å². The Morgan fingerprint density at radius 2 is 1.88 bits per heavy atom. The molecule has 1 heterocycles. The van der Waals surface area contributed by atoms with Crippen molar-refractivity contribution in [2.45, 2.75) is 43.6 Å². The predicted octanol–water partition coefficient (Wildman–Crippen LogP) is 4.77. The largest absolute Gasteiger partial charge is 0.338 e. The second kappa shape index (κ2) is 11.4. The molecule has 9 nitrogen and oxygen atoms in total. The van der Waals surface area contributed by atoms with Crippen LogP contribution in [0.1, 0.15) is 44.1 Å². The number of aromatic nitrogens is 3. The van der Waals surface area contributed by atoms with E-state index in [9.17, 15) is 19.3 Å². The van der Waals surface area contributed by atoms with E-state index in [1.807, 2.05) is 6.92 Å². The number of carbonyl (C=O) groups is 1. The van der Waals surface area contributed by atoms with Crippen molar-refractivity contribution in [3.63, 3.8) is 0 Å². The Hall–Kier alpha value is -3.47. The number of nitro groups is 1. The van der Waals surface area contributed by atoms with Gasteiger partial charge in [-0.25, -0.2) is 9.18 Å². The Morgan fingerprint density at radius 1 is 1.18 bits per heavy atom. The first-order valence-electron chi connectivity index (χ1n) is 10.5. The average Bonchev–Trinajstić information content (AvgIpc) is 3.23. The summed E-state index contributed by atoms with van der Waals surface area (Å²) in [7, 11) is 0. The van der Waals surface area contributed by atoms with E-state index in [4.69, 9.17) is 0 Å². The van der Waals surface area contributed by atoms with Gasteiger partial charge in [-0.1, -0.05) is 37.2 Å². The van der Waals surface area contributed by atoms with E-state index < -0.39 is 11.0 Å². The molecule has 0 fully saturated rings. The van der Waals surface area contributed by atoms with Crippen LogP contribution >= 0.6 is 11.8 Å². The molecule has 1 aromatic heterocycles. The summed E-state index contributed by atoms with van der Waals surface area (Å²) >= 11 is 1.39. The first-order valence-corrected chi connectivity index (χ1v) is 11.5. The van der Waals surface area contributed by atoms with E-state index in [1.54, 1.807) is 35.8 Å². The minimum absolute atomic E-state index is 0.0321. The van der Waals surface area contributed by atoms with Gasteiger partial charge in [-0.3, -0.25) is 14.7 Å². The van der Waals surface area contributed by atoms with E-state index in [2.05, 4.69) is 20.8 Å². The first-order chi connectivity index (χ1) is 15.9. The molecular formula is C22H25FN6O3S. The SMILES string of the molecule is CCCCNC(=O)NC(C)c1nnc(SCc2ccc(F)cc2)n1-c1ccc([N+](=O)[O-])cc1. The lowest BCUT2D eigenvalue weighted by molar-refractivity contribution is -0.384. The summed E-state index contributed by atoms with van der Waals surface area (Å²) in [6.45, 7) is 4.41. The summed E-state index contributed by atoms with van der Waals surface area (Å²) in [5, 5.41) is 25.8. The fourth-order valence-electron chi connectivity index (χ4n) is 3.04. The zero-order valence-corrected chi connectivity index (χ0v) is 19.1. The smallest absolute Gasteiger partial charge is 0.315 e. The van der Waals surface area contributed by atoms with Crippen molar-refractivity contribution in [2.75, 3.05) is 6.54 Å². The van der Waals surface area contributed by atoms with Gasteiger partial charge in [0.15, 0.2) is 11.0 Å². The molecule has 2 aromatic carbocycles. The summed E-state index contributed by atoms with van der Waals surface area (Å²) in [5.41, 5.74) is 1.50. The Bertz CT molecular complexity index is 1090. The van der Waals surface area contributed by atoms with Gasteiger partial charge < -0.3 is 10.6 Å². The lowest BCUT2D eigenvalue weighted by Crippen LogP contribution is -2.38. The summed E-state index contributed by atoms with van der Waals surface area (Å²) < 4.78 is 15.0. The van der Waals surface area contributed by atoms with Gasteiger partial charge in [-0.15, -0.1) is 10.2 Å². The van der Waals surface area contributed by atoms with Crippen molar-refractivity contribution in [3.05, 3.63) is 75.9 Å². The normalized spacial score (nSPS) is 11.7. The van der Waals surface area contributed by atoms with Crippen LogP contribution in [-0.2, 0) is 5.75 Å². The van der Waals surface area contributed by atoms with Gasteiger partial charge in [-0.2, -0.15) is 0 Å². The highest BCUT2D eigenvalue weighted by molar-refractivity contribution is 7.98. The molecule has 1 atom stereocenters. The molecule has 3 aromatic rings. The highest BCUT2D eigenvalue weighted by atomic mass is 32.2. The third-order valence-electron chi connectivity index (χ3n) is 4.81. The fourth-order valence-corrected chi connectivity index (χ4v) is 3.96. The number of amides is 2. The van der Waals surface area contributed by atoms with Crippen molar-refractivity contribution in [1.29, 1.82) is 0 Å². The molecule has 0 radical (unpaired) electrons. The molecule has 0 aliphatic carbocycles. The molecule has 0 aliphatic rings. The number of carbonyl (C=O) groups excluding carboxylic acids is 1. The maximum Gasteiger partial charge on any atom is 0.315 e. The van der Waals surface area contributed by atoms with Crippen LogP contribution in [0, 0.1) is 15.9 Å². The maximum absolute atomic E-state index is 13.2. The van der Waals surface area contributed by atoms with Gasteiger partial charge in [0.25, 0.3) is 5.69 Å². The number of non-ortho nitro benzene ring substituents is 1. The van der Waals surface area contributed by atoms with Crippen LogP contribution in [0.25, 0.3) is 5.69 Å². The molecule has 11 heteroatoms. The van der Waals surface area contributed by atoms with Crippen molar-refractivity contribution in [1.82, 2.24) is 25.4 Å². The van der Waals surface area contributed by atoms with Gasteiger partial charge >= 0.3 is 6.03 Å². The van der Waals surface area contributed by atoms with Crippen molar-refractivity contribution >= 4 is 23.5 Å². The minimum Gasteiger partial charge on any atom is -0.338 e. The number of hydrogen-bond acceptors (Lipinski definition) is 6. The highest BCUT2D eigenvalue weighted by Gasteiger charge is 2.21. The van der Waals surface area contributed by atoms with Crippen LogP contribution in [-0.4, -0.2) is 32.3 Å². The number of thioether (sulfide) groups is 1. The van der Waals surface area contributed by atoms with Crippen LogP contribution in [0.4, 0.5) is 14.9 Å². The van der Waals surface area contributed by atoms with Gasteiger partial charge in [0.05, 0.1) is 11.0 Å². The standard InChI is InChI=1S/C22H25FN6O3S/c1-3-4-13-24-21(30)25-15(2)20-26-27-22(33-14-16-5-7-17(23)8-6-16)28(20)18-9-11-19(12-10-18)29(31)32/h5-12,15H,3-4,13-14H2,1-2H3,(H2,24,25,30). The molecule has 3 rings (SSSR count). The van der Waals surface area contributed by atoms with E-state index >= 15 is 0 Å². The molecule has 0 spiro atoms. The molecule has 0 bridgehead atoms. The number of unbranched alkanes of at least 4 members (excludes halogenated alkanes) is 1. The highest BCUT2D eigenvalue weighted by Crippen LogP contribution is 2.28. The summed E-state index contributed by atoms with van der Waals surface area (Å²) in [5.74, 6) is 0.693. The predicted molar refractivity (Wildman–Crippen MR) is 124 cm³/mol. The molecule has 0 aliphatic heterocycles. The minimum atomic E-state index is -0.477. The van der Waals surface area contributed by atoms with Crippen LogP contribution in [0.15, 0.2) is 53.7 Å². The topological polar surface area (TPSA) is 115 Å². The molecule has 0 saturated carbocycles. The zero-order valence-electron chi connectivity index (χ0n) is 18.3. The molecule has 33 heavy (non-hydrogen) atoms. The number of hydrogen-bond donors (Lipinski definition) is 2. The van der Waals surface area contributed by atoms with Gasteiger partial charge in [-0.05, 0) is 43.2 Å². The number of halogens is 1. The Morgan fingerprint density at radius 3 is 2.52 bits per heavy atom. The third-order valence-corrected chi connectivity index (χ3v) is 5.81. The summed E-state index contributed by atoms with van der Waals surface area (Å²) in [6.07, 6.45) is 1.85. The third kappa shape index (κ3) is 6.51. The number of benzene rings is 2. The lowest BCUT2D eigenvalue weighted by atomic mass is 10.2. The van der Waals surface area contributed by atoms with Gasteiger partial charge in [0.2, 0.25) is 0 Å². The molecule has 0 saturated heterocycles. The average molecular weight is 473 g/mol. The Kier molecular flexibility index (Phi) is 8.36. The van der Waals surface area contributed by atoms with E-state index in [-0.39, 0.29) is 17.5 Å². The zero-order chi connectivity index (χ0) is 23.8. The van der Waals surface area contributed by atoms with E-state index in [0.29, 0.717) is 29.0 Å². The second-order valence-electron chi connectivity index (χ2n) is 7.34. The van der Waals surface area contributed by atoms with E-state index in [0.717, 1.165) is 18.4 Å². The van der Waals surface area contributed by atoms with Gasteiger partial charge in [0, 0.05) is 30.1 Å². The quantitative estimate of drug-likeness (QED) is 0.190. The monoisotopic (exact) mass is 472 g/mol. The molecule has 174 valence electrons. The number of nitro benzene ring substituents is 1. The number of rotatable bonds is 10. The first kappa shape index (κ1) is 24.2. The number of nitrogens with zero attached hydrogens (tertiary/aromatic N) is 4. The number of urea groups is 1. The van der Waals surface area contributed by atoms with Crippen LogP contribution < -0.4 is 10.6 Å². The van der Waals surface area contributed by atoms with Crippen LogP contribution in [0.5, 0.6) is 0 Å². The molecular weight excluding hydrogens is 447 g/mol. The maximum atomic E-state index is 13.2. The summed E-state index contributed by atoms with van der Waals surface area (Å²) in [6, 6.07) is 11.4. The fraction of sp³-hybridized carbons (Fsp3) is 0.318. The van der Waals surface area contributed by atoms with E-state index in [1.165, 1.54) is 36.0 Å². The van der Waals surface area contributed by atoms with Gasteiger partial charge in [0.1, 0.15) is 5.82 Å². The Labute approximate surface area is 194 Å². The second-order valence-corrected chi connectivity index (χ2v) is 8.28. The number of nitrogens with one attached hydrogen (secondary N) is 2. The van der Waals surface area contributed by atoms with Crippen LogP contribution in [0.3, 0.4) is 0 Å². The van der Waals surface area contributed by atoms with Crippen molar-refractivity contribution in [3.8, 4) is 5.69 Å².